The van der Waals surface area contributed by atoms with E-state index in [1.165, 1.54) is 0 Å². The second kappa shape index (κ2) is 5.44. The highest BCUT2D eigenvalue weighted by Gasteiger charge is 2.34. The van der Waals surface area contributed by atoms with Gasteiger partial charge in [-0.1, -0.05) is 0 Å². The van der Waals surface area contributed by atoms with Gasteiger partial charge in [-0.15, -0.1) is 0 Å². The van der Waals surface area contributed by atoms with Gasteiger partial charge >= 0.3 is 6.09 Å². The molecule has 20 heavy (non-hydrogen) atoms. The lowest BCUT2D eigenvalue weighted by atomic mass is 10.1. The number of nitrogens with zero attached hydrogens (tertiary/aromatic N) is 3. The third-order valence-corrected chi connectivity index (χ3v) is 3.24. The summed E-state index contributed by atoms with van der Waals surface area (Å²) in [7, 11) is 1.91. The third kappa shape index (κ3) is 3.72. The molecule has 0 aromatic carbocycles. The van der Waals surface area contributed by atoms with E-state index in [-0.39, 0.29) is 12.1 Å². The molecule has 112 valence electrons. The number of rotatable bonds is 3. The Balaban J connectivity index is 1.75. The molecule has 1 aliphatic heterocycles. The lowest BCUT2D eigenvalue weighted by Crippen LogP contribution is -2.60. The van der Waals surface area contributed by atoms with Crippen molar-refractivity contribution < 1.29 is 9.53 Å². The van der Waals surface area contributed by atoms with Crippen LogP contribution in [-0.4, -0.2) is 45.5 Å². The molecule has 0 bridgehead atoms. The van der Waals surface area contributed by atoms with Crippen LogP contribution in [0.5, 0.6) is 0 Å². The zero-order chi connectivity index (χ0) is 14.9. The molecule has 6 heteroatoms. The molecule has 0 spiro atoms. The molecule has 1 aliphatic rings. The second-order valence-electron chi connectivity index (χ2n) is 6.42. The van der Waals surface area contributed by atoms with E-state index in [1.54, 1.807) is 9.58 Å². The topological polar surface area (TPSA) is 59.4 Å². The minimum Gasteiger partial charge on any atom is -0.444 e. The Labute approximate surface area is 120 Å². The van der Waals surface area contributed by atoms with Crippen molar-refractivity contribution in [2.45, 2.75) is 45.4 Å². The number of carbonyl (C=O) groups excluding carboxylic acids is 1. The molecular formula is C14H24N4O2. The summed E-state index contributed by atoms with van der Waals surface area (Å²) in [5.74, 6) is 0. The van der Waals surface area contributed by atoms with Crippen LogP contribution >= 0.6 is 0 Å². The fraction of sp³-hybridized carbons (Fsp3) is 0.714. The van der Waals surface area contributed by atoms with Crippen LogP contribution in [0.3, 0.4) is 0 Å². The minimum atomic E-state index is -0.432. The van der Waals surface area contributed by atoms with E-state index < -0.39 is 5.60 Å². The number of nitrogens with one attached hydrogen (secondary N) is 1. The van der Waals surface area contributed by atoms with Gasteiger partial charge in [0.2, 0.25) is 0 Å². The van der Waals surface area contributed by atoms with Crippen molar-refractivity contribution in [2.75, 3.05) is 13.1 Å². The van der Waals surface area contributed by atoms with Gasteiger partial charge in [-0.2, -0.15) is 5.10 Å². The first-order valence-electron chi connectivity index (χ1n) is 6.97. The number of aryl methyl sites for hydroxylation is 1. The molecule has 2 heterocycles. The maximum Gasteiger partial charge on any atom is 0.410 e. The molecule has 2 rings (SSSR count). The number of carbonyl (C=O) groups is 1. The number of ether oxygens (including phenoxy) is 1. The summed E-state index contributed by atoms with van der Waals surface area (Å²) in [6.45, 7) is 9.13. The highest BCUT2D eigenvalue weighted by atomic mass is 16.6. The fourth-order valence-corrected chi connectivity index (χ4v) is 2.17. The van der Waals surface area contributed by atoms with Crippen molar-refractivity contribution in [1.29, 1.82) is 0 Å². The lowest BCUT2D eigenvalue weighted by Gasteiger charge is -2.41. The number of likely N-dealkylation sites (tertiary alicyclic amines) is 1. The average molecular weight is 280 g/mol. The van der Waals surface area contributed by atoms with Crippen LogP contribution in [0.4, 0.5) is 4.79 Å². The highest BCUT2D eigenvalue weighted by Crippen LogP contribution is 2.18. The Morgan fingerprint density at radius 3 is 2.65 bits per heavy atom. The van der Waals surface area contributed by atoms with E-state index >= 15 is 0 Å². The molecule has 0 aliphatic carbocycles. The molecule has 1 aromatic heterocycles. The van der Waals surface area contributed by atoms with Crippen molar-refractivity contribution in [3.63, 3.8) is 0 Å². The summed E-state index contributed by atoms with van der Waals surface area (Å²) < 4.78 is 7.12. The smallest absolute Gasteiger partial charge is 0.410 e. The van der Waals surface area contributed by atoms with Gasteiger partial charge in [0.05, 0.1) is 6.20 Å². The molecule has 1 unspecified atom stereocenters. The van der Waals surface area contributed by atoms with Crippen molar-refractivity contribution in [3.05, 3.63) is 18.0 Å². The van der Waals surface area contributed by atoms with Crippen LogP contribution < -0.4 is 5.32 Å². The number of hydrogen-bond donors (Lipinski definition) is 1. The predicted octanol–water partition coefficient (Wildman–Crippen LogP) is 1.69. The normalized spacial score (nSPS) is 17.8. The number of hydrogen-bond acceptors (Lipinski definition) is 4. The fourth-order valence-electron chi connectivity index (χ4n) is 2.17. The number of amides is 1. The Morgan fingerprint density at radius 1 is 1.50 bits per heavy atom. The monoisotopic (exact) mass is 280 g/mol. The van der Waals surface area contributed by atoms with Crippen molar-refractivity contribution in [2.24, 2.45) is 7.05 Å². The molecule has 6 nitrogen and oxygen atoms in total. The van der Waals surface area contributed by atoms with Gasteiger partial charge in [-0.05, 0) is 27.7 Å². The maximum atomic E-state index is 11.8. The van der Waals surface area contributed by atoms with Gasteiger partial charge in [0.1, 0.15) is 5.60 Å². The molecule has 1 amide bonds. The predicted molar refractivity (Wildman–Crippen MR) is 76.4 cm³/mol. The van der Waals surface area contributed by atoms with Crippen molar-refractivity contribution in [3.8, 4) is 0 Å². The first kappa shape index (κ1) is 14.8. The molecule has 0 radical (unpaired) electrons. The zero-order valence-electron chi connectivity index (χ0n) is 12.9. The summed E-state index contributed by atoms with van der Waals surface area (Å²) in [6, 6.07) is 0.548. The first-order valence-corrected chi connectivity index (χ1v) is 6.97. The number of aromatic nitrogens is 2. The molecule has 1 aromatic rings. The summed E-state index contributed by atoms with van der Waals surface area (Å²) in [5, 5.41) is 7.66. The SMILES string of the molecule is CC(NC1CN(C(=O)OC(C)(C)C)C1)c1cnn(C)c1. The van der Waals surface area contributed by atoms with E-state index in [1.807, 2.05) is 40.2 Å². The summed E-state index contributed by atoms with van der Waals surface area (Å²) >= 11 is 0. The Kier molecular flexibility index (Phi) is 4.04. The average Bonchev–Trinajstić information content (AvgIpc) is 2.66. The van der Waals surface area contributed by atoms with Crippen molar-refractivity contribution >= 4 is 6.09 Å². The first-order chi connectivity index (χ1) is 9.24. The Hall–Kier alpha value is -1.56. The molecule has 1 saturated heterocycles. The van der Waals surface area contributed by atoms with Gasteiger partial charge < -0.3 is 15.0 Å². The zero-order valence-corrected chi connectivity index (χ0v) is 12.9. The molecule has 0 saturated carbocycles. The van der Waals surface area contributed by atoms with Crippen LogP contribution in [-0.2, 0) is 11.8 Å². The van der Waals surface area contributed by atoms with E-state index in [2.05, 4.69) is 17.3 Å². The van der Waals surface area contributed by atoms with Gasteiger partial charge in [0.15, 0.2) is 0 Å². The molecular weight excluding hydrogens is 256 g/mol. The Bertz CT molecular complexity index is 472. The molecule has 1 N–H and O–H groups in total. The summed E-state index contributed by atoms with van der Waals surface area (Å²) in [5.41, 5.74) is 0.724. The van der Waals surface area contributed by atoms with Gasteiger partial charge in [0.25, 0.3) is 0 Å². The van der Waals surface area contributed by atoms with E-state index in [9.17, 15) is 4.79 Å². The lowest BCUT2D eigenvalue weighted by molar-refractivity contribution is 0.00434. The maximum absolute atomic E-state index is 11.8. The minimum absolute atomic E-state index is 0.231. The van der Waals surface area contributed by atoms with Crippen LogP contribution in [0.2, 0.25) is 0 Å². The van der Waals surface area contributed by atoms with Crippen LogP contribution in [0, 0.1) is 0 Å². The third-order valence-electron chi connectivity index (χ3n) is 3.24. The van der Waals surface area contributed by atoms with Crippen LogP contribution in [0.15, 0.2) is 12.4 Å². The largest absolute Gasteiger partial charge is 0.444 e. The van der Waals surface area contributed by atoms with Crippen LogP contribution in [0.25, 0.3) is 0 Å². The summed E-state index contributed by atoms with van der Waals surface area (Å²) in [4.78, 5) is 13.5. The van der Waals surface area contributed by atoms with Crippen molar-refractivity contribution in [1.82, 2.24) is 20.0 Å². The van der Waals surface area contributed by atoms with Gasteiger partial charge in [-0.3, -0.25) is 4.68 Å². The van der Waals surface area contributed by atoms with E-state index in [0.717, 1.165) is 5.56 Å². The quantitative estimate of drug-likeness (QED) is 0.915. The standard InChI is InChI=1S/C14H24N4O2/c1-10(11-6-15-17(5)7-11)16-12-8-18(9-12)13(19)20-14(2,3)4/h6-7,10,12,16H,8-9H2,1-5H3. The second-order valence-corrected chi connectivity index (χ2v) is 6.42. The van der Waals surface area contributed by atoms with Crippen LogP contribution in [0.1, 0.15) is 39.3 Å². The van der Waals surface area contributed by atoms with E-state index in [0.29, 0.717) is 19.1 Å². The Morgan fingerprint density at radius 2 is 2.15 bits per heavy atom. The highest BCUT2D eigenvalue weighted by molar-refractivity contribution is 5.69. The van der Waals surface area contributed by atoms with E-state index in [4.69, 9.17) is 4.74 Å². The molecule has 1 atom stereocenters. The molecule has 1 fully saturated rings. The van der Waals surface area contributed by atoms with Gasteiger partial charge in [-0.25, -0.2) is 4.79 Å². The van der Waals surface area contributed by atoms with Gasteiger partial charge in [0, 0.05) is 44.0 Å². The summed E-state index contributed by atoms with van der Waals surface area (Å²) in [6.07, 6.45) is 3.63.